The maximum Gasteiger partial charge on any atom is 0.259 e. The molecule has 0 fully saturated rings. The number of nitrogens with zero attached hydrogens (tertiary/aromatic N) is 2. The van der Waals surface area contributed by atoms with Crippen LogP contribution >= 0.6 is 0 Å². The number of carbonyl (C=O) groups excluding carboxylic acids is 1. The molecule has 1 aromatic rings. The van der Waals surface area contributed by atoms with E-state index < -0.39 is 10.0 Å². The van der Waals surface area contributed by atoms with E-state index in [1.807, 2.05) is 18.2 Å². The number of aryl methyl sites for hydroxylation is 2. The van der Waals surface area contributed by atoms with Gasteiger partial charge in [-0.2, -0.15) is 0 Å². The second kappa shape index (κ2) is 5.59. The van der Waals surface area contributed by atoms with E-state index in [0.717, 1.165) is 24.9 Å². The van der Waals surface area contributed by atoms with E-state index in [4.69, 9.17) is 0 Å². The lowest BCUT2D eigenvalue weighted by Gasteiger charge is -2.28. The van der Waals surface area contributed by atoms with Crippen molar-refractivity contribution in [2.24, 2.45) is 4.40 Å². The van der Waals surface area contributed by atoms with Crippen molar-refractivity contribution in [3.63, 3.8) is 0 Å². The molecule has 0 radical (unpaired) electrons. The summed E-state index contributed by atoms with van der Waals surface area (Å²) in [5.41, 5.74) is 3.59. The summed E-state index contributed by atoms with van der Waals surface area (Å²) < 4.78 is 27.3. The van der Waals surface area contributed by atoms with Crippen LogP contribution in [-0.4, -0.2) is 37.4 Å². The van der Waals surface area contributed by atoms with Crippen LogP contribution in [0.2, 0.25) is 0 Å². The fourth-order valence-electron chi connectivity index (χ4n) is 3.24. The quantitative estimate of drug-likeness (QED) is 0.885. The van der Waals surface area contributed by atoms with E-state index >= 15 is 0 Å². The Labute approximate surface area is 140 Å². The van der Waals surface area contributed by atoms with Gasteiger partial charge in [-0.25, -0.2) is 8.42 Å². The number of fused-ring (bicyclic) bond motifs is 2. The average Bonchev–Trinajstić information content (AvgIpc) is 3.01. The number of rotatable bonds is 2. The average molecular weight is 343 g/mol. The molecule has 1 amide bonds. The second-order valence-electron chi connectivity index (χ2n) is 6.11. The van der Waals surface area contributed by atoms with Crippen molar-refractivity contribution in [2.75, 3.05) is 17.6 Å². The van der Waals surface area contributed by atoms with Crippen LogP contribution in [0.1, 0.15) is 17.5 Å². The first-order valence-electron chi connectivity index (χ1n) is 7.93. The molecule has 0 atom stereocenters. The Hall–Kier alpha value is -2.41. The Kier molecular flexibility index (Phi) is 3.53. The van der Waals surface area contributed by atoms with Gasteiger partial charge in [0.2, 0.25) is 0 Å². The number of hydrogen-bond donors (Lipinski definition) is 1. The van der Waals surface area contributed by atoms with Crippen LogP contribution < -0.4 is 5.32 Å². The summed E-state index contributed by atoms with van der Waals surface area (Å²) in [6.45, 7) is 0.307. The zero-order valence-corrected chi connectivity index (χ0v) is 13.8. The molecule has 1 aromatic carbocycles. The van der Waals surface area contributed by atoms with E-state index in [1.165, 1.54) is 11.1 Å². The minimum atomic E-state index is -3.51. The summed E-state index contributed by atoms with van der Waals surface area (Å²) in [5.74, 6) is -0.193. The highest BCUT2D eigenvalue weighted by molar-refractivity contribution is 7.90. The number of sulfonamides is 1. The van der Waals surface area contributed by atoms with Crippen LogP contribution in [0.4, 0.5) is 5.69 Å². The van der Waals surface area contributed by atoms with Gasteiger partial charge < -0.3 is 10.2 Å². The number of amidine groups is 1. The van der Waals surface area contributed by atoms with Gasteiger partial charge in [0.1, 0.15) is 0 Å². The zero-order valence-electron chi connectivity index (χ0n) is 13.0. The van der Waals surface area contributed by atoms with Gasteiger partial charge in [0.15, 0.2) is 5.84 Å². The van der Waals surface area contributed by atoms with Gasteiger partial charge in [-0.3, -0.25) is 4.79 Å². The molecule has 1 N–H and O–H groups in total. The van der Waals surface area contributed by atoms with Crippen molar-refractivity contribution in [3.05, 3.63) is 53.3 Å². The number of nitrogens with one attached hydrogen (secondary N) is 1. The highest BCUT2D eigenvalue weighted by Gasteiger charge is 2.30. The van der Waals surface area contributed by atoms with Crippen LogP contribution in [0.3, 0.4) is 0 Å². The topological polar surface area (TPSA) is 78.8 Å². The molecule has 0 spiro atoms. The molecule has 7 heteroatoms. The Morgan fingerprint density at radius 1 is 1.21 bits per heavy atom. The third-order valence-corrected chi connectivity index (χ3v) is 5.61. The minimum Gasteiger partial charge on any atom is -0.331 e. The maximum atomic E-state index is 12.6. The SMILES string of the molecule is O=C(Nc1ccc2c(c1)CCC2)C1=CC=CN2CCS(=O)(=O)N=C12. The number of carbonyl (C=O) groups is 1. The van der Waals surface area contributed by atoms with E-state index in [-0.39, 0.29) is 23.1 Å². The van der Waals surface area contributed by atoms with Crippen molar-refractivity contribution in [1.29, 1.82) is 0 Å². The largest absolute Gasteiger partial charge is 0.331 e. The highest BCUT2D eigenvalue weighted by atomic mass is 32.2. The molecule has 0 bridgehead atoms. The molecule has 0 saturated heterocycles. The number of benzene rings is 1. The summed E-state index contributed by atoms with van der Waals surface area (Å²) in [5, 5.41) is 2.86. The number of amides is 1. The molecule has 2 aliphatic heterocycles. The molecule has 1 aliphatic carbocycles. The van der Waals surface area contributed by atoms with Gasteiger partial charge >= 0.3 is 0 Å². The Morgan fingerprint density at radius 3 is 2.92 bits per heavy atom. The summed E-state index contributed by atoms with van der Waals surface area (Å²) in [7, 11) is -3.51. The van der Waals surface area contributed by atoms with Gasteiger partial charge in [-0.15, -0.1) is 4.40 Å². The molecule has 0 unspecified atom stereocenters. The van der Waals surface area contributed by atoms with E-state index in [1.54, 1.807) is 23.3 Å². The second-order valence-corrected chi connectivity index (χ2v) is 7.86. The smallest absolute Gasteiger partial charge is 0.259 e. The fraction of sp³-hybridized carbons (Fsp3) is 0.294. The fourth-order valence-corrected chi connectivity index (χ4v) is 4.23. The first-order chi connectivity index (χ1) is 11.5. The van der Waals surface area contributed by atoms with Crippen molar-refractivity contribution < 1.29 is 13.2 Å². The highest BCUT2D eigenvalue weighted by Crippen LogP contribution is 2.26. The standard InChI is InChI=1S/C17H17N3O3S/c21-17(18-14-7-6-12-3-1-4-13(12)11-14)15-5-2-8-20-9-10-24(22,23)19-16(15)20/h2,5-8,11H,1,3-4,9-10H2,(H,18,21). The van der Waals surface area contributed by atoms with Crippen LogP contribution in [0.5, 0.6) is 0 Å². The van der Waals surface area contributed by atoms with Crippen LogP contribution in [0.15, 0.2) is 46.5 Å². The van der Waals surface area contributed by atoms with Crippen molar-refractivity contribution in [2.45, 2.75) is 19.3 Å². The lowest BCUT2D eigenvalue weighted by atomic mass is 10.1. The summed E-state index contributed by atoms with van der Waals surface area (Å²) in [4.78, 5) is 14.3. The molecular weight excluding hydrogens is 326 g/mol. The monoisotopic (exact) mass is 343 g/mol. The van der Waals surface area contributed by atoms with Gasteiger partial charge in [0.05, 0.1) is 11.3 Å². The molecule has 124 valence electrons. The molecule has 2 heterocycles. The first kappa shape index (κ1) is 15.1. The Morgan fingerprint density at radius 2 is 2.04 bits per heavy atom. The van der Waals surface area contributed by atoms with E-state index in [0.29, 0.717) is 6.54 Å². The number of hydrogen-bond acceptors (Lipinski definition) is 4. The van der Waals surface area contributed by atoms with Crippen molar-refractivity contribution in [1.82, 2.24) is 4.90 Å². The molecule has 3 aliphatic rings. The predicted octanol–water partition coefficient (Wildman–Crippen LogP) is 1.61. The summed E-state index contributed by atoms with van der Waals surface area (Å²) in [6, 6.07) is 5.93. The summed E-state index contributed by atoms with van der Waals surface area (Å²) >= 11 is 0. The molecule has 0 aromatic heterocycles. The van der Waals surface area contributed by atoms with Gasteiger partial charge in [0.25, 0.3) is 15.9 Å². The minimum absolute atomic E-state index is 0.0411. The molecule has 4 rings (SSSR count). The zero-order chi connectivity index (χ0) is 16.7. The summed E-state index contributed by atoms with van der Waals surface area (Å²) in [6.07, 6.45) is 8.33. The Balaban J connectivity index is 1.61. The molecule has 0 saturated carbocycles. The number of anilines is 1. The molecule has 6 nitrogen and oxygen atoms in total. The Bertz CT molecular complexity index is 913. The van der Waals surface area contributed by atoms with Crippen LogP contribution in [0, 0.1) is 0 Å². The first-order valence-corrected chi connectivity index (χ1v) is 9.54. The lowest BCUT2D eigenvalue weighted by molar-refractivity contribution is -0.112. The molecule has 24 heavy (non-hydrogen) atoms. The molecular formula is C17H17N3O3S. The third kappa shape index (κ3) is 2.75. The van der Waals surface area contributed by atoms with E-state index in [2.05, 4.69) is 9.71 Å². The number of allylic oxidation sites excluding steroid dienone is 2. The van der Waals surface area contributed by atoms with Crippen LogP contribution in [0.25, 0.3) is 0 Å². The normalized spacial score (nSPS) is 20.8. The van der Waals surface area contributed by atoms with Gasteiger partial charge in [-0.1, -0.05) is 6.07 Å². The predicted molar refractivity (Wildman–Crippen MR) is 92.2 cm³/mol. The van der Waals surface area contributed by atoms with Crippen molar-refractivity contribution >= 4 is 27.5 Å². The van der Waals surface area contributed by atoms with Crippen LogP contribution in [-0.2, 0) is 27.7 Å². The third-order valence-electron chi connectivity index (χ3n) is 4.46. The van der Waals surface area contributed by atoms with Gasteiger partial charge in [-0.05, 0) is 54.7 Å². The maximum absolute atomic E-state index is 12.6. The van der Waals surface area contributed by atoms with Crippen molar-refractivity contribution in [3.8, 4) is 0 Å². The van der Waals surface area contributed by atoms with Gasteiger partial charge in [0, 0.05) is 18.4 Å². The lowest BCUT2D eigenvalue weighted by Crippen LogP contribution is -2.40. The van der Waals surface area contributed by atoms with E-state index in [9.17, 15) is 13.2 Å².